The second-order valence-electron chi connectivity index (χ2n) is 29.7. The summed E-state index contributed by atoms with van der Waals surface area (Å²) in [5, 5.41) is 28.1. The molecule has 6 aromatic heterocycles. The van der Waals surface area contributed by atoms with E-state index in [1.54, 1.807) is 12.1 Å². The van der Waals surface area contributed by atoms with E-state index >= 15 is 0 Å². The van der Waals surface area contributed by atoms with Crippen molar-refractivity contribution in [2.24, 2.45) is 0 Å². The Bertz CT molecular complexity index is 5310. The Morgan fingerprint density at radius 3 is 1.09 bits per heavy atom. The summed E-state index contributed by atoms with van der Waals surface area (Å²) in [5.74, 6) is 2.03. The van der Waals surface area contributed by atoms with Crippen LogP contribution in [0, 0.1) is 51.7 Å². The minimum atomic E-state index is -0.261. The number of aromatic nitrogens is 3. The SMILES string of the molecule is CC(=O)C=C(C)O.CC(=O)C=C(C)O.CC(=O)C=C(C)O.Cc1[c-]c(-c2cc3oc(-c4ccc(F)cc4)cc3cn2)cc(C(C)(C)C)c1.Cc1[c-]c(-c2cc3oc(-c4ccccc4)c(-c4ccccc4)c3cn2)cc(C(C)(C)C)c1.Cc1[c-]c(-c2cc3oc(-c4ccccc4)c(C)c3cn2)cc(C(C)(C)C)c1.[Ir].[Ir].[Ir]. The summed E-state index contributed by atoms with van der Waals surface area (Å²) in [7, 11) is 0. The molecule has 0 aliphatic carbocycles. The summed E-state index contributed by atoms with van der Waals surface area (Å²) in [6, 6.07) is 68.6. The van der Waals surface area contributed by atoms with Crippen molar-refractivity contribution >= 4 is 50.3 Å². The van der Waals surface area contributed by atoms with Gasteiger partial charge in [0.05, 0.1) is 17.3 Å². The fourth-order valence-electron chi connectivity index (χ4n) is 11.5. The van der Waals surface area contributed by atoms with E-state index in [0.717, 1.165) is 128 Å². The number of aryl methyl sites for hydroxylation is 4. The summed E-state index contributed by atoms with van der Waals surface area (Å²) in [6.45, 7) is 36.8. The number of hydrogen-bond acceptors (Lipinski definition) is 12. The van der Waals surface area contributed by atoms with Gasteiger partial charge in [-0.05, 0) is 136 Å². The van der Waals surface area contributed by atoms with Gasteiger partial charge in [0.15, 0.2) is 17.3 Å². The number of allylic oxidation sites excluding steroid dienone is 6. The quantitative estimate of drug-likeness (QED) is 0.0668. The number of fused-ring (bicyclic) bond motifs is 3. The number of furan rings is 3. The smallest absolute Gasteiger partial charge is 0.155 e. The molecule has 7 aromatic carbocycles. The van der Waals surface area contributed by atoms with E-state index in [2.05, 4.69) is 198 Å². The zero-order valence-electron chi connectivity index (χ0n) is 65.7. The van der Waals surface area contributed by atoms with Gasteiger partial charge in [0.1, 0.15) is 39.8 Å². The van der Waals surface area contributed by atoms with E-state index in [9.17, 15) is 18.8 Å². The molecule has 3 N–H and O–H groups in total. The number of ketones is 3. The van der Waals surface area contributed by atoms with Gasteiger partial charge in [0.25, 0.3) is 0 Å². The molecule has 0 unspecified atom stereocenters. The maximum Gasteiger partial charge on any atom is 0.155 e. The number of rotatable bonds is 10. The summed E-state index contributed by atoms with van der Waals surface area (Å²) >= 11 is 0. The molecular formula is C94H95FIr3N3O9-3. The van der Waals surface area contributed by atoms with Crippen LogP contribution in [0.3, 0.4) is 0 Å². The van der Waals surface area contributed by atoms with E-state index in [1.807, 2.05) is 85.3 Å². The monoisotopic (exact) mass is 2010 g/mol. The standard InChI is InChI=1S/C30H26NO.C25H24NO.C24H21FNO.3C5H8O2.3Ir/c1-20-15-23(17-24(16-20)30(2,3)4)26-18-27-25(19-31-26)28(21-11-7-5-8-12-21)29(32-27)22-13-9-6-10-14-22;1-16-11-19(13-20(12-16)25(3,4)5)22-14-23-21(15-26-22)17(2)24(27-23)18-9-7-6-8-10-18;1-15-9-17(11-19(10-15)24(2,3)4)21-13-23-18(14-26-21)12-22(27-23)16-5-7-20(25)8-6-16;3*1-4(6)3-5(2)7;;;/h5-14,16-19H,1-4H3;6-10,12-15H,1-5H3;5-8,10-14H,1-4H3;3*3,6H,1-2H3;;;/q3*-1;;;;;;. The number of aliphatic hydroxyl groups is 3. The Morgan fingerprint density at radius 1 is 0.391 bits per heavy atom. The molecule has 12 nitrogen and oxygen atoms in total. The van der Waals surface area contributed by atoms with Crippen LogP contribution in [0.25, 0.3) is 112 Å². The van der Waals surface area contributed by atoms with Gasteiger partial charge >= 0.3 is 0 Å². The molecule has 6 heterocycles. The second kappa shape index (κ2) is 40.2. The normalized spacial score (nSPS) is 11.4. The Hall–Kier alpha value is -9.88. The molecule has 0 amide bonds. The van der Waals surface area contributed by atoms with Gasteiger partial charge in [-0.1, -0.05) is 174 Å². The number of carbonyl (C=O) groups excluding carboxylic acids is 3. The first-order valence-electron chi connectivity index (χ1n) is 35.3. The van der Waals surface area contributed by atoms with Crippen molar-refractivity contribution in [2.75, 3.05) is 0 Å². The van der Waals surface area contributed by atoms with Gasteiger partial charge in [0, 0.05) is 141 Å². The van der Waals surface area contributed by atoms with E-state index in [1.165, 1.54) is 88.6 Å². The number of hydrogen-bond donors (Lipinski definition) is 3. The maximum absolute atomic E-state index is 13.2. The van der Waals surface area contributed by atoms with Crippen molar-refractivity contribution < 1.29 is 108 Å². The molecule has 0 atom stereocenters. The average Bonchev–Trinajstić information content (AvgIpc) is 1.61. The Labute approximate surface area is 687 Å². The van der Waals surface area contributed by atoms with E-state index in [0.29, 0.717) is 5.76 Å². The Morgan fingerprint density at radius 2 is 0.727 bits per heavy atom. The van der Waals surface area contributed by atoms with Crippen molar-refractivity contribution in [3.63, 3.8) is 0 Å². The van der Waals surface area contributed by atoms with E-state index < -0.39 is 0 Å². The molecule has 16 heteroatoms. The number of nitrogens with zero attached hydrogens (tertiary/aromatic N) is 3. The van der Waals surface area contributed by atoms with E-state index in [4.69, 9.17) is 38.5 Å². The van der Waals surface area contributed by atoms with Gasteiger partial charge < -0.3 is 43.5 Å². The molecule has 3 radical (unpaired) electrons. The Balaban J connectivity index is 0.000000258. The van der Waals surface area contributed by atoms with Crippen LogP contribution < -0.4 is 0 Å². The average molecular weight is 2010 g/mol. The Kier molecular flexibility index (Phi) is 33.1. The van der Waals surface area contributed by atoms with Crippen LogP contribution in [0.1, 0.15) is 143 Å². The van der Waals surface area contributed by atoms with Crippen molar-refractivity contribution in [2.45, 2.75) is 148 Å². The summed E-state index contributed by atoms with van der Waals surface area (Å²) in [6.07, 6.45) is 9.17. The molecule has 0 aliphatic heterocycles. The molecule has 0 spiro atoms. The molecular weight excluding hydrogens is 1910 g/mol. The zero-order valence-corrected chi connectivity index (χ0v) is 72.9. The molecule has 577 valence electrons. The minimum Gasteiger partial charge on any atom is -0.512 e. The van der Waals surface area contributed by atoms with Gasteiger partial charge in [-0.2, -0.15) is 0 Å². The predicted molar refractivity (Wildman–Crippen MR) is 433 cm³/mol. The van der Waals surface area contributed by atoms with Gasteiger partial charge in [-0.15, -0.1) is 105 Å². The third-order valence-corrected chi connectivity index (χ3v) is 16.7. The van der Waals surface area contributed by atoms with Crippen molar-refractivity contribution in [1.29, 1.82) is 0 Å². The van der Waals surface area contributed by atoms with Crippen LogP contribution in [0.5, 0.6) is 0 Å². The third-order valence-electron chi connectivity index (χ3n) is 16.7. The number of halogens is 1. The van der Waals surface area contributed by atoms with Gasteiger partial charge in [-0.25, -0.2) is 4.39 Å². The fraction of sp³-hybridized carbons (Fsp3) is 0.234. The van der Waals surface area contributed by atoms with Crippen LogP contribution in [-0.4, -0.2) is 47.6 Å². The van der Waals surface area contributed by atoms with Crippen LogP contribution in [0.15, 0.2) is 243 Å². The van der Waals surface area contributed by atoms with Crippen LogP contribution >= 0.6 is 0 Å². The first-order valence-corrected chi connectivity index (χ1v) is 35.3. The summed E-state index contributed by atoms with van der Waals surface area (Å²) in [4.78, 5) is 44.2. The first kappa shape index (κ1) is 90.7. The number of benzene rings is 7. The topological polar surface area (TPSA) is 190 Å². The molecule has 0 saturated heterocycles. The first-order chi connectivity index (χ1) is 50.4. The molecule has 13 aromatic rings. The molecule has 0 bridgehead atoms. The molecule has 0 fully saturated rings. The fourth-order valence-corrected chi connectivity index (χ4v) is 11.5. The summed E-state index contributed by atoms with van der Waals surface area (Å²) in [5.41, 5.74) is 21.7. The van der Waals surface area contributed by atoms with Crippen molar-refractivity contribution in [3.8, 4) is 78.9 Å². The number of aliphatic hydroxyl groups excluding tert-OH is 3. The molecule has 13 rings (SSSR count). The zero-order chi connectivity index (χ0) is 78.2. The van der Waals surface area contributed by atoms with E-state index in [-0.39, 0.29) is 117 Å². The third kappa shape index (κ3) is 25.9. The van der Waals surface area contributed by atoms with Crippen LogP contribution in [-0.2, 0) is 90.9 Å². The number of carbonyl (C=O) groups is 3. The van der Waals surface area contributed by atoms with Crippen molar-refractivity contribution in [3.05, 3.63) is 293 Å². The van der Waals surface area contributed by atoms with Crippen LogP contribution in [0.2, 0.25) is 0 Å². The molecule has 0 aliphatic rings. The van der Waals surface area contributed by atoms with Crippen molar-refractivity contribution in [1.82, 2.24) is 15.0 Å². The number of pyridine rings is 3. The van der Waals surface area contributed by atoms with Gasteiger partial charge in [0.2, 0.25) is 0 Å². The second-order valence-corrected chi connectivity index (χ2v) is 29.7. The molecule has 110 heavy (non-hydrogen) atoms. The predicted octanol–water partition coefficient (Wildman–Crippen LogP) is 24.9. The van der Waals surface area contributed by atoms with Gasteiger partial charge in [-0.3, -0.25) is 14.4 Å². The maximum atomic E-state index is 13.2. The minimum absolute atomic E-state index is 0. The largest absolute Gasteiger partial charge is 0.512 e. The molecule has 0 saturated carbocycles. The summed E-state index contributed by atoms with van der Waals surface area (Å²) < 4.78 is 31.9. The van der Waals surface area contributed by atoms with Crippen LogP contribution in [0.4, 0.5) is 4.39 Å².